The van der Waals surface area contributed by atoms with Gasteiger partial charge in [0.25, 0.3) is 5.56 Å². The molecule has 0 saturated carbocycles. The molecule has 4 rings (SSSR count). The number of nitrogens with two attached hydrogens (primary N) is 1. The maximum absolute atomic E-state index is 13.3. The molecule has 0 radical (unpaired) electrons. The molecule has 2 aromatic carbocycles. The lowest BCUT2D eigenvalue weighted by Crippen LogP contribution is -2.27. The van der Waals surface area contributed by atoms with E-state index in [1.54, 1.807) is 37.3 Å². The SMILES string of the molecule is COc1ccc(C(N)=O)cc1-c1nn(C(C)c2ccc(Cl)cc2)c(=O)c2c(C)noc12. The predicted octanol–water partition coefficient (Wildman–Crippen LogP) is 3.73. The van der Waals surface area contributed by atoms with Crippen LogP contribution in [0, 0.1) is 6.92 Å². The van der Waals surface area contributed by atoms with E-state index < -0.39 is 11.9 Å². The Kier molecular flexibility index (Phi) is 5.24. The Bertz CT molecular complexity index is 1360. The highest BCUT2D eigenvalue weighted by atomic mass is 35.5. The average molecular weight is 439 g/mol. The van der Waals surface area contributed by atoms with Crippen molar-refractivity contribution in [2.45, 2.75) is 19.9 Å². The predicted molar refractivity (Wildman–Crippen MR) is 117 cm³/mol. The van der Waals surface area contributed by atoms with Crippen LogP contribution in [-0.2, 0) is 0 Å². The Hall–Kier alpha value is -3.65. The minimum absolute atomic E-state index is 0.210. The normalized spacial score (nSPS) is 12.1. The number of carbonyl (C=O) groups is 1. The third-order valence-electron chi connectivity index (χ3n) is 5.17. The van der Waals surface area contributed by atoms with Crippen LogP contribution in [0.2, 0.25) is 5.02 Å². The highest BCUT2D eigenvalue weighted by Crippen LogP contribution is 2.34. The standard InChI is InChI=1S/C22H19ClN4O4/c1-11-18-20(31-26-11)19(16-10-14(21(24)28)6-9-17(16)30-3)25-27(22(18)29)12(2)13-4-7-15(23)8-5-13/h4-10,12H,1-3H3,(H2,24,28). The molecule has 9 heteroatoms. The molecule has 2 N–H and O–H groups in total. The fourth-order valence-corrected chi connectivity index (χ4v) is 3.59. The zero-order valence-corrected chi connectivity index (χ0v) is 17.8. The maximum atomic E-state index is 13.3. The molecule has 4 aromatic rings. The molecule has 2 aromatic heterocycles. The molecule has 8 nitrogen and oxygen atoms in total. The number of hydrogen-bond acceptors (Lipinski definition) is 6. The number of methoxy groups -OCH3 is 1. The van der Waals surface area contributed by atoms with Gasteiger partial charge < -0.3 is 15.0 Å². The first kappa shape index (κ1) is 20.6. The number of ether oxygens (including phenoxy) is 1. The molecule has 0 fully saturated rings. The summed E-state index contributed by atoms with van der Waals surface area (Å²) in [6, 6.07) is 11.5. The summed E-state index contributed by atoms with van der Waals surface area (Å²) in [6.07, 6.45) is 0. The second-order valence-corrected chi connectivity index (χ2v) is 7.51. The molecular formula is C22H19ClN4O4. The van der Waals surface area contributed by atoms with E-state index in [1.165, 1.54) is 11.8 Å². The number of aryl methyl sites for hydroxylation is 1. The first-order valence-corrected chi connectivity index (χ1v) is 9.82. The second-order valence-electron chi connectivity index (χ2n) is 7.08. The molecular weight excluding hydrogens is 420 g/mol. The van der Waals surface area contributed by atoms with E-state index >= 15 is 0 Å². The number of halogens is 1. The van der Waals surface area contributed by atoms with Gasteiger partial charge in [0.2, 0.25) is 11.5 Å². The quantitative estimate of drug-likeness (QED) is 0.508. The average Bonchev–Trinajstić information content (AvgIpc) is 3.16. The van der Waals surface area contributed by atoms with Crippen molar-refractivity contribution in [1.82, 2.24) is 14.9 Å². The molecule has 1 amide bonds. The number of benzene rings is 2. The molecule has 0 aliphatic carbocycles. The monoisotopic (exact) mass is 438 g/mol. The lowest BCUT2D eigenvalue weighted by atomic mass is 10.0. The maximum Gasteiger partial charge on any atom is 0.280 e. The Labute approximate surface area is 182 Å². The largest absolute Gasteiger partial charge is 0.496 e. The van der Waals surface area contributed by atoms with Crippen molar-refractivity contribution >= 4 is 28.5 Å². The summed E-state index contributed by atoms with van der Waals surface area (Å²) >= 11 is 6.00. The zero-order valence-electron chi connectivity index (χ0n) is 17.0. The van der Waals surface area contributed by atoms with Crippen LogP contribution in [0.1, 0.15) is 34.6 Å². The van der Waals surface area contributed by atoms with Crippen LogP contribution < -0.4 is 16.0 Å². The first-order valence-electron chi connectivity index (χ1n) is 9.44. The summed E-state index contributed by atoms with van der Waals surface area (Å²) in [7, 11) is 1.50. The fraction of sp³-hybridized carbons (Fsp3) is 0.182. The van der Waals surface area contributed by atoms with Gasteiger partial charge in [0, 0.05) is 16.1 Å². The van der Waals surface area contributed by atoms with Crippen molar-refractivity contribution in [1.29, 1.82) is 0 Å². The van der Waals surface area contributed by atoms with Gasteiger partial charge in [-0.1, -0.05) is 28.9 Å². The number of nitrogens with zero attached hydrogens (tertiary/aromatic N) is 3. The van der Waals surface area contributed by atoms with Crippen molar-refractivity contribution in [3.63, 3.8) is 0 Å². The Morgan fingerprint density at radius 1 is 1.23 bits per heavy atom. The van der Waals surface area contributed by atoms with Crippen LogP contribution in [0.5, 0.6) is 5.75 Å². The van der Waals surface area contributed by atoms with Crippen molar-refractivity contribution in [3.05, 3.63) is 74.7 Å². The highest BCUT2D eigenvalue weighted by molar-refractivity contribution is 6.30. The summed E-state index contributed by atoms with van der Waals surface area (Å²) in [5.41, 5.74) is 7.64. The van der Waals surface area contributed by atoms with E-state index in [9.17, 15) is 9.59 Å². The molecule has 31 heavy (non-hydrogen) atoms. The van der Waals surface area contributed by atoms with Crippen molar-refractivity contribution < 1.29 is 14.1 Å². The molecule has 158 valence electrons. The lowest BCUT2D eigenvalue weighted by Gasteiger charge is -2.17. The lowest BCUT2D eigenvalue weighted by molar-refractivity contribution is 0.100. The van der Waals surface area contributed by atoms with Crippen LogP contribution >= 0.6 is 11.6 Å². The summed E-state index contributed by atoms with van der Waals surface area (Å²) in [6.45, 7) is 3.54. The van der Waals surface area contributed by atoms with Crippen molar-refractivity contribution in [2.75, 3.05) is 7.11 Å². The number of hydrogen-bond donors (Lipinski definition) is 1. The van der Waals surface area contributed by atoms with Gasteiger partial charge in [-0.05, 0) is 49.7 Å². The van der Waals surface area contributed by atoms with Gasteiger partial charge >= 0.3 is 0 Å². The molecule has 1 unspecified atom stereocenters. The minimum atomic E-state index is -0.600. The van der Waals surface area contributed by atoms with E-state index in [2.05, 4.69) is 10.3 Å². The van der Waals surface area contributed by atoms with E-state index in [-0.39, 0.29) is 16.7 Å². The Morgan fingerprint density at radius 2 is 1.94 bits per heavy atom. The van der Waals surface area contributed by atoms with Gasteiger partial charge in [-0.15, -0.1) is 0 Å². The topological polar surface area (TPSA) is 113 Å². The van der Waals surface area contributed by atoms with Crippen LogP contribution in [0.15, 0.2) is 51.8 Å². The second kappa shape index (κ2) is 7.88. The van der Waals surface area contributed by atoms with Gasteiger partial charge in [0.05, 0.1) is 18.8 Å². The molecule has 0 aliphatic heterocycles. The number of primary amides is 1. The van der Waals surface area contributed by atoms with Gasteiger partial charge in [-0.3, -0.25) is 9.59 Å². The van der Waals surface area contributed by atoms with E-state index in [0.29, 0.717) is 33.1 Å². The van der Waals surface area contributed by atoms with Crippen LogP contribution in [0.3, 0.4) is 0 Å². The third kappa shape index (κ3) is 3.55. The number of aromatic nitrogens is 3. The summed E-state index contributed by atoms with van der Waals surface area (Å²) < 4.78 is 12.3. The van der Waals surface area contributed by atoms with Crippen LogP contribution in [0.4, 0.5) is 0 Å². The van der Waals surface area contributed by atoms with Gasteiger partial charge in [-0.25, -0.2) is 4.68 Å². The van der Waals surface area contributed by atoms with Crippen LogP contribution in [-0.4, -0.2) is 28.0 Å². The number of fused-ring (bicyclic) bond motifs is 1. The highest BCUT2D eigenvalue weighted by Gasteiger charge is 2.24. The van der Waals surface area contributed by atoms with Crippen molar-refractivity contribution in [3.8, 4) is 17.0 Å². The van der Waals surface area contributed by atoms with E-state index in [1.807, 2.05) is 19.1 Å². The molecule has 1 atom stereocenters. The molecule has 0 aliphatic rings. The zero-order chi connectivity index (χ0) is 22.3. The summed E-state index contributed by atoms with van der Waals surface area (Å²) in [5.74, 6) is -0.158. The number of rotatable bonds is 5. The molecule has 0 spiro atoms. The summed E-state index contributed by atoms with van der Waals surface area (Å²) in [5, 5.41) is 9.46. The summed E-state index contributed by atoms with van der Waals surface area (Å²) in [4.78, 5) is 25.0. The third-order valence-corrected chi connectivity index (χ3v) is 5.42. The van der Waals surface area contributed by atoms with Crippen molar-refractivity contribution in [2.24, 2.45) is 5.73 Å². The smallest absolute Gasteiger partial charge is 0.280 e. The molecule has 2 heterocycles. The number of amides is 1. The van der Waals surface area contributed by atoms with Crippen LogP contribution in [0.25, 0.3) is 22.2 Å². The Morgan fingerprint density at radius 3 is 2.58 bits per heavy atom. The van der Waals surface area contributed by atoms with Gasteiger partial charge in [0.15, 0.2) is 0 Å². The molecule has 0 bridgehead atoms. The minimum Gasteiger partial charge on any atom is -0.496 e. The number of carbonyl (C=O) groups excluding carboxylic acids is 1. The van der Waals surface area contributed by atoms with Gasteiger partial charge in [-0.2, -0.15) is 5.10 Å². The fourth-order valence-electron chi connectivity index (χ4n) is 3.46. The Balaban J connectivity index is 2.02. The van der Waals surface area contributed by atoms with E-state index in [0.717, 1.165) is 5.56 Å². The van der Waals surface area contributed by atoms with E-state index in [4.69, 9.17) is 26.6 Å². The first-order chi connectivity index (χ1) is 14.8. The molecule has 0 saturated heterocycles. The van der Waals surface area contributed by atoms with Gasteiger partial charge in [0.1, 0.15) is 16.8 Å².